The van der Waals surface area contributed by atoms with Gasteiger partial charge in [0.2, 0.25) is 0 Å². The van der Waals surface area contributed by atoms with E-state index in [0.29, 0.717) is 13.2 Å². The zero-order valence-electron chi connectivity index (χ0n) is 17.2. The number of carbonyl (C=O) groups excluding carboxylic acids is 1. The van der Waals surface area contributed by atoms with Crippen molar-refractivity contribution in [2.75, 3.05) is 24.9 Å². The Balaban J connectivity index is 1.67. The molecule has 0 bridgehead atoms. The first-order valence-electron chi connectivity index (χ1n) is 9.59. The number of aryl methyl sites for hydroxylation is 1. The van der Waals surface area contributed by atoms with Crippen LogP contribution in [0.25, 0.3) is 0 Å². The fourth-order valence-electron chi connectivity index (χ4n) is 2.88. The molecule has 8 heteroatoms. The fourth-order valence-corrected chi connectivity index (χ4v) is 3.99. The van der Waals surface area contributed by atoms with Crippen LogP contribution in [-0.2, 0) is 10.0 Å². The number of halogens is 1. The van der Waals surface area contributed by atoms with Crippen molar-refractivity contribution in [1.29, 1.82) is 0 Å². The molecule has 0 atom stereocenters. The number of likely N-dealkylation sites (N-methyl/N-ethyl adjacent to an activating group) is 1. The molecule has 3 rings (SSSR count). The monoisotopic (exact) mass is 442 g/mol. The van der Waals surface area contributed by atoms with Crippen LogP contribution in [0.5, 0.6) is 5.75 Å². The third kappa shape index (κ3) is 5.61. The van der Waals surface area contributed by atoms with E-state index >= 15 is 0 Å². The maximum absolute atomic E-state index is 13.8. The van der Waals surface area contributed by atoms with E-state index in [1.165, 1.54) is 47.4 Å². The van der Waals surface area contributed by atoms with Crippen LogP contribution in [0.4, 0.5) is 10.1 Å². The lowest BCUT2D eigenvalue weighted by molar-refractivity contribution is 0.0773. The van der Waals surface area contributed by atoms with Crippen LogP contribution in [0, 0.1) is 12.7 Å². The van der Waals surface area contributed by atoms with Gasteiger partial charge in [-0.05, 0) is 48.9 Å². The SMILES string of the molecule is Cc1ccccc1OCCN(C)C(=O)c1cccc(S(=O)(=O)Nc2ccccc2F)c1. The second kappa shape index (κ2) is 9.61. The second-order valence-electron chi connectivity index (χ2n) is 6.95. The number of hydrogen-bond acceptors (Lipinski definition) is 4. The van der Waals surface area contributed by atoms with Crippen molar-refractivity contribution >= 4 is 21.6 Å². The van der Waals surface area contributed by atoms with Crippen molar-refractivity contribution in [3.05, 3.63) is 89.7 Å². The molecule has 0 aliphatic heterocycles. The fraction of sp³-hybridized carbons (Fsp3) is 0.174. The van der Waals surface area contributed by atoms with Gasteiger partial charge in [-0.25, -0.2) is 12.8 Å². The normalized spacial score (nSPS) is 11.1. The van der Waals surface area contributed by atoms with E-state index < -0.39 is 15.8 Å². The Morgan fingerprint density at radius 3 is 2.48 bits per heavy atom. The molecule has 3 aromatic carbocycles. The lowest BCUT2D eigenvalue weighted by atomic mass is 10.2. The largest absolute Gasteiger partial charge is 0.491 e. The van der Waals surface area contributed by atoms with Gasteiger partial charge >= 0.3 is 0 Å². The third-order valence-corrected chi connectivity index (χ3v) is 6.00. The van der Waals surface area contributed by atoms with Crippen LogP contribution in [0.1, 0.15) is 15.9 Å². The Kier molecular flexibility index (Phi) is 6.91. The van der Waals surface area contributed by atoms with Gasteiger partial charge in [0.1, 0.15) is 18.2 Å². The average Bonchev–Trinajstić information content (AvgIpc) is 2.76. The van der Waals surface area contributed by atoms with Gasteiger partial charge in [0, 0.05) is 12.6 Å². The molecule has 0 aliphatic rings. The number of sulfonamides is 1. The first kappa shape index (κ1) is 22.3. The zero-order valence-corrected chi connectivity index (χ0v) is 18.0. The van der Waals surface area contributed by atoms with E-state index in [0.717, 1.165) is 17.4 Å². The van der Waals surface area contributed by atoms with Crippen LogP contribution >= 0.6 is 0 Å². The van der Waals surface area contributed by atoms with E-state index in [-0.39, 0.29) is 22.1 Å². The lowest BCUT2D eigenvalue weighted by Crippen LogP contribution is -2.31. The zero-order chi connectivity index (χ0) is 22.4. The van der Waals surface area contributed by atoms with Crippen LogP contribution in [0.15, 0.2) is 77.7 Å². The molecule has 0 aliphatic carbocycles. The highest BCUT2D eigenvalue weighted by Crippen LogP contribution is 2.20. The Morgan fingerprint density at radius 1 is 1.03 bits per heavy atom. The summed E-state index contributed by atoms with van der Waals surface area (Å²) in [6.45, 7) is 2.54. The first-order valence-corrected chi connectivity index (χ1v) is 11.1. The van der Waals surface area contributed by atoms with Crippen molar-refractivity contribution in [2.45, 2.75) is 11.8 Å². The minimum atomic E-state index is -4.06. The van der Waals surface area contributed by atoms with E-state index in [2.05, 4.69) is 4.72 Å². The number of nitrogens with zero attached hydrogens (tertiary/aromatic N) is 1. The summed E-state index contributed by atoms with van der Waals surface area (Å²) in [5.74, 6) is -0.293. The van der Waals surface area contributed by atoms with E-state index in [1.807, 2.05) is 31.2 Å². The number of anilines is 1. The van der Waals surface area contributed by atoms with Gasteiger partial charge in [-0.3, -0.25) is 9.52 Å². The first-order chi connectivity index (χ1) is 14.8. The molecular formula is C23H23FN2O4S. The quantitative estimate of drug-likeness (QED) is 0.570. The summed E-state index contributed by atoms with van der Waals surface area (Å²) in [5, 5.41) is 0. The van der Waals surface area contributed by atoms with Crippen LogP contribution < -0.4 is 9.46 Å². The van der Waals surface area contributed by atoms with E-state index in [1.54, 1.807) is 7.05 Å². The summed E-state index contributed by atoms with van der Waals surface area (Å²) in [4.78, 5) is 14.1. The van der Waals surface area contributed by atoms with Crippen molar-refractivity contribution in [3.8, 4) is 5.75 Å². The molecule has 0 aromatic heterocycles. The Hall–Kier alpha value is -3.39. The molecule has 1 N–H and O–H groups in total. The Labute approximate surface area is 181 Å². The van der Waals surface area contributed by atoms with Crippen LogP contribution in [-0.4, -0.2) is 39.4 Å². The topological polar surface area (TPSA) is 75.7 Å². The van der Waals surface area contributed by atoms with Crippen molar-refractivity contribution in [1.82, 2.24) is 4.90 Å². The maximum atomic E-state index is 13.8. The predicted octanol–water partition coefficient (Wildman–Crippen LogP) is 4.09. The number of benzene rings is 3. The summed E-state index contributed by atoms with van der Waals surface area (Å²) in [7, 11) is -2.45. The number of hydrogen-bond donors (Lipinski definition) is 1. The number of rotatable bonds is 8. The van der Waals surface area contributed by atoms with Crippen LogP contribution in [0.3, 0.4) is 0 Å². The summed E-state index contributed by atoms with van der Waals surface area (Å²) < 4.78 is 47.0. The number of amides is 1. The minimum Gasteiger partial charge on any atom is -0.491 e. The van der Waals surface area contributed by atoms with Crippen LogP contribution in [0.2, 0.25) is 0 Å². The smallest absolute Gasteiger partial charge is 0.262 e. The molecule has 1 amide bonds. The van der Waals surface area contributed by atoms with Gasteiger partial charge in [0.05, 0.1) is 17.1 Å². The molecule has 0 radical (unpaired) electrons. The number of para-hydroxylation sites is 2. The van der Waals surface area contributed by atoms with Gasteiger partial charge in [0.15, 0.2) is 0 Å². The maximum Gasteiger partial charge on any atom is 0.262 e. The molecule has 31 heavy (non-hydrogen) atoms. The summed E-state index contributed by atoms with van der Waals surface area (Å²) in [6.07, 6.45) is 0. The summed E-state index contributed by atoms with van der Waals surface area (Å²) in [5.41, 5.74) is 1.04. The van der Waals surface area contributed by atoms with Gasteiger partial charge in [-0.15, -0.1) is 0 Å². The molecule has 162 valence electrons. The highest BCUT2D eigenvalue weighted by molar-refractivity contribution is 7.92. The molecule has 0 saturated carbocycles. The molecule has 0 heterocycles. The summed E-state index contributed by atoms with van der Waals surface area (Å²) >= 11 is 0. The molecular weight excluding hydrogens is 419 g/mol. The Morgan fingerprint density at radius 2 is 1.74 bits per heavy atom. The van der Waals surface area contributed by atoms with Crippen molar-refractivity contribution in [2.24, 2.45) is 0 Å². The number of carbonyl (C=O) groups is 1. The highest BCUT2D eigenvalue weighted by Gasteiger charge is 2.19. The number of nitrogens with one attached hydrogen (secondary N) is 1. The highest BCUT2D eigenvalue weighted by atomic mass is 32.2. The van der Waals surface area contributed by atoms with Gasteiger partial charge in [0.25, 0.3) is 15.9 Å². The number of ether oxygens (including phenoxy) is 1. The molecule has 6 nitrogen and oxygen atoms in total. The average molecular weight is 443 g/mol. The molecule has 0 fully saturated rings. The molecule has 0 unspecified atom stereocenters. The predicted molar refractivity (Wildman–Crippen MR) is 117 cm³/mol. The second-order valence-corrected chi connectivity index (χ2v) is 8.64. The van der Waals surface area contributed by atoms with E-state index in [9.17, 15) is 17.6 Å². The van der Waals surface area contributed by atoms with Gasteiger partial charge < -0.3 is 9.64 Å². The standard InChI is InChI=1S/C23H23FN2O4S/c1-17-8-3-6-13-22(17)30-15-14-26(2)23(27)18-9-7-10-19(16-18)31(28,29)25-21-12-5-4-11-20(21)24/h3-13,16,25H,14-15H2,1-2H3. The Bertz CT molecular complexity index is 1180. The van der Waals surface area contributed by atoms with Gasteiger partial charge in [-0.2, -0.15) is 0 Å². The van der Waals surface area contributed by atoms with Gasteiger partial charge in [-0.1, -0.05) is 36.4 Å². The lowest BCUT2D eigenvalue weighted by Gasteiger charge is -2.18. The minimum absolute atomic E-state index is 0.133. The molecule has 0 spiro atoms. The molecule has 3 aromatic rings. The summed E-state index contributed by atoms with van der Waals surface area (Å²) in [6, 6.07) is 18.7. The van der Waals surface area contributed by atoms with E-state index in [4.69, 9.17) is 4.74 Å². The van der Waals surface area contributed by atoms with Crippen molar-refractivity contribution in [3.63, 3.8) is 0 Å². The molecule has 0 saturated heterocycles. The third-order valence-electron chi connectivity index (χ3n) is 4.63. The van der Waals surface area contributed by atoms with Crippen molar-refractivity contribution < 1.29 is 22.3 Å².